The summed E-state index contributed by atoms with van der Waals surface area (Å²) in [7, 11) is -9.09. The van der Waals surface area contributed by atoms with E-state index in [4.69, 9.17) is 31.3 Å². The summed E-state index contributed by atoms with van der Waals surface area (Å²) < 4.78 is 187. The topological polar surface area (TPSA) is 248 Å². The van der Waals surface area contributed by atoms with Crippen LogP contribution in [0.1, 0.15) is 73.1 Å². The number of hydrogen-bond acceptors (Lipinski definition) is 10. The standard InChI is InChI=1S/C42H40ClF10N8O8PS2.CH2O2/c1-21-18-40(46,47)36-31(21)35(42(51,52)53)57-59(36)19-30(62)56-29(16-22-14-23(44)17-24(45)15-22)33-26(7-6-25(55-33)10-11-39(2,3)71(4)67)27-8-9-28(43)32-34(27)60(20-41(48,49)50)58-37(32)61(72(5)68)38(63)54-12-13-69-70(64,65)66;2-1-3/h6-9,14-15,17,21,29H,12-13,16,18-20H2,1-5H3,(H,54,63)(H,56,62)(H2,64,65,66);1H,(H,2,3)/t21-,29?,71?,72?;/m0./s1. The lowest BCUT2D eigenvalue weighted by Crippen LogP contribution is -2.42. The van der Waals surface area contributed by atoms with E-state index < -0.39 is 166 Å². The minimum atomic E-state index is -5.23. The summed E-state index contributed by atoms with van der Waals surface area (Å²) >= 11 is 6.64. The second kappa shape index (κ2) is 23.1. The number of carboxylic acid groups (broad SMARTS) is 1. The second-order valence-electron chi connectivity index (χ2n) is 16.8. The van der Waals surface area contributed by atoms with Crippen LogP contribution in [-0.4, -0.2) is 103 Å². The van der Waals surface area contributed by atoms with E-state index in [0.717, 1.165) is 37.4 Å². The Morgan fingerprint density at radius 1 is 1.03 bits per heavy atom. The summed E-state index contributed by atoms with van der Waals surface area (Å²) in [5, 5.41) is 18.0. The molecule has 6 rings (SSSR count). The molecule has 18 nitrogen and oxygen atoms in total. The first-order chi connectivity index (χ1) is 34.6. The number of phosphoric ester groups is 1. The number of benzene rings is 2. The number of fused-ring (bicyclic) bond motifs is 2. The molecule has 4 atom stereocenters. The van der Waals surface area contributed by atoms with Gasteiger partial charge < -0.3 is 25.5 Å². The zero-order valence-electron chi connectivity index (χ0n) is 39.3. The van der Waals surface area contributed by atoms with Crippen molar-refractivity contribution in [2.24, 2.45) is 0 Å². The lowest BCUT2D eigenvalue weighted by atomic mass is 9.93. The maximum atomic E-state index is 15.4. The highest BCUT2D eigenvalue weighted by atomic mass is 35.5. The number of rotatable bonds is 15. The van der Waals surface area contributed by atoms with Gasteiger partial charge in [0.2, 0.25) is 5.91 Å². The van der Waals surface area contributed by atoms with E-state index >= 15 is 8.78 Å². The normalized spacial score (nSPS) is 15.7. The predicted molar refractivity (Wildman–Crippen MR) is 251 cm³/mol. The molecular weight excluding hydrogens is 1110 g/mol. The van der Waals surface area contributed by atoms with Gasteiger partial charge in [-0.2, -0.15) is 49.6 Å². The van der Waals surface area contributed by atoms with Crippen LogP contribution < -0.4 is 14.9 Å². The van der Waals surface area contributed by atoms with Crippen LogP contribution in [0.3, 0.4) is 0 Å². The van der Waals surface area contributed by atoms with Crippen molar-refractivity contribution in [2.75, 3.05) is 30.0 Å². The first-order valence-electron chi connectivity index (χ1n) is 21.2. The molecule has 75 heavy (non-hydrogen) atoms. The van der Waals surface area contributed by atoms with Gasteiger partial charge in [-0.25, -0.2) is 27.3 Å². The van der Waals surface area contributed by atoms with Gasteiger partial charge in [0.15, 0.2) is 11.5 Å². The lowest BCUT2D eigenvalue weighted by molar-refractivity contribution is -0.143. The molecule has 408 valence electrons. The van der Waals surface area contributed by atoms with E-state index in [1.165, 1.54) is 32.2 Å². The second-order valence-corrected chi connectivity index (χ2v) is 21.6. The molecule has 0 saturated carbocycles. The van der Waals surface area contributed by atoms with Crippen LogP contribution >= 0.6 is 19.4 Å². The highest BCUT2D eigenvalue weighted by Crippen LogP contribution is 2.52. The van der Waals surface area contributed by atoms with Crippen molar-refractivity contribution in [2.45, 2.75) is 81.7 Å². The lowest BCUT2D eigenvalue weighted by Gasteiger charge is -2.23. The fourth-order valence-electron chi connectivity index (χ4n) is 7.75. The Bertz CT molecular complexity index is 3160. The third-order valence-corrected chi connectivity index (χ3v) is 14.1. The fourth-order valence-corrected chi connectivity index (χ4v) is 9.18. The monoisotopic (exact) mass is 1150 g/mol. The smallest absolute Gasteiger partial charge is 0.469 e. The quantitative estimate of drug-likeness (QED) is 0.0223. The van der Waals surface area contributed by atoms with Crippen LogP contribution in [0.25, 0.3) is 22.0 Å². The molecule has 0 bridgehead atoms. The number of nitrogens with zero attached hydrogens (tertiary/aromatic N) is 6. The molecule has 0 aliphatic heterocycles. The van der Waals surface area contributed by atoms with Gasteiger partial charge in [-0.3, -0.25) is 27.7 Å². The number of alkyl halides is 8. The van der Waals surface area contributed by atoms with Crippen molar-refractivity contribution < 1.29 is 90.7 Å². The highest BCUT2D eigenvalue weighted by Gasteiger charge is 2.53. The molecule has 0 spiro atoms. The Morgan fingerprint density at radius 3 is 2.20 bits per heavy atom. The van der Waals surface area contributed by atoms with Crippen molar-refractivity contribution in [3.05, 3.63) is 93.0 Å². The number of aromatic nitrogens is 5. The zero-order chi connectivity index (χ0) is 56.3. The largest absolute Gasteiger partial charge is 0.483 e. The molecule has 3 unspecified atom stereocenters. The molecule has 1 aliphatic carbocycles. The van der Waals surface area contributed by atoms with Crippen molar-refractivity contribution in [1.82, 2.24) is 35.2 Å². The summed E-state index contributed by atoms with van der Waals surface area (Å²) in [5.74, 6) is -4.06. The van der Waals surface area contributed by atoms with Crippen molar-refractivity contribution in [3.63, 3.8) is 0 Å². The van der Waals surface area contributed by atoms with Gasteiger partial charge in [-0.05, 0) is 68.0 Å². The van der Waals surface area contributed by atoms with Gasteiger partial charge in [-0.1, -0.05) is 30.5 Å². The van der Waals surface area contributed by atoms with E-state index in [1.807, 2.05) is 0 Å². The number of urea groups is 1. The molecule has 1 aliphatic rings. The van der Waals surface area contributed by atoms with Gasteiger partial charge >= 0.3 is 26.2 Å². The molecule has 5 aromatic rings. The number of amides is 3. The highest BCUT2D eigenvalue weighted by molar-refractivity contribution is 7.86. The maximum Gasteiger partial charge on any atom is 0.469 e. The van der Waals surface area contributed by atoms with Crippen LogP contribution in [0.5, 0.6) is 0 Å². The van der Waals surface area contributed by atoms with E-state index in [9.17, 15) is 57.7 Å². The number of pyridine rings is 1. The summed E-state index contributed by atoms with van der Waals surface area (Å²) in [4.78, 5) is 58.6. The van der Waals surface area contributed by atoms with Crippen LogP contribution in [0, 0.1) is 23.5 Å². The number of hydrogen-bond donors (Lipinski definition) is 5. The Labute approximate surface area is 428 Å². The summed E-state index contributed by atoms with van der Waals surface area (Å²) in [6.07, 6.45) is -9.75. The van der Waals surface area contributed by atoms with Crippen LogP contribution in [-0.2, 0) is 72.1 Å². The van der Waals surface area contributed by atoms with Gasteiger partial charge in [0, 0.05) is 59.0 Å². The Morgan fingerprint density at radius 2 is 1.64 bits per heavy atom. The van der Waals surface area contributed by atoms with Crippen molar-refractivity contribution >= 4 is 76.3 Å². The third kappa shape index (κ3) is 14.7. The van der Waals surface area contributed by atoms with Crippen molar-refractivity contribution in [3.8, 4) is 23.0 Å². The Balaban J connectivity index is 0.00000338. The molecule has 5 N–H and O–H groups in total. The van der Waals surface area contributed by atoms with Crippen LogP contribution in [0.15, 0.2) is 42.5 Å². The summed E-state index contributed by atoms with van der Waals surface area (Å²) in [5.41, 5.74) is -5.53. The molecule has 3 amide bonds. The van der Waals surface area contributed by atoms with Gasteiger partial charge in [0.25, 0.3) is 12.4 Å². The number of halogens is 11. The van der Waals surface area contributed by atoms with Crippen LogP contribution in [0.2, 0.25) is 5.02 Å². The fraction of sp³-hybridized carbons (Fsp3) is 0.395. The maximum absolute atomic E-state index is 15.4. The molecule has 2 aromatic carbocycles. The molecular formula is C43H42ClF10N8O10PS2. The molecule has 0 saturated heterocycles. The number of anilines is 1. The van der Waals surface area contributed by atoms with Crippen molar-refractivity contribution in [1.29, 1.82) is 0 Å². The van der Waals surface area contributed by atoms with Gasteiger partial charge in [0.1, 0.15) is 51.8 Å². The predicted octanol–water partition coefficient (Wildman–Crippen LogP) is 7.63. The SMILES string of the molecule is C[C@H]1CC(F)(F)c2c1c(C(F)(F)F)nn2CC(=O)NC(Cc1cc(F)cc(F)c1)c1nc(C#CC(C)(C)S(C)=O)ccc1-c1ccc(Cl)c2c(N(C(=O)NCCOP(=O)(O)O)S(C)=O)nn(CC(F)(F)F)c12.O=CO. The Hall–Kier alpha value is -5.96. The summed E-state index contributed by atoms with van der Waals surface area (Å²) in [6, 6.07) is 3.83. The number of phosphoric acid groups is 1. The number of carbonyl (C=O) groups is 3. The van der Waals surface area contributed by atoms with E-state index in [1.54, 1.807) is 0 Å². The first-order valence-corrected chi connectivity index (χ1v) is 26.2. The summed E-state index contributed by atoms with van der Waals surface area (Å²) in [6.45, 7) is -0.747. The average Bonchev–Trinajstić information content (AvgIpc) is 3.90. The number of nitrogens with one attached hydrogen (secondary N) is 2. The Kier molecular flexibility index (Phi) is 18.5. The number of carbonyl (C=O) groups excluding carboxylic acids is 2. The molecule has 3 heterocycles. The van der Waals surface area contributed by atoms with E-state index in [2.05, 4.69) is 42.2 Å². The first kappa shape index (κ1) is 59.9. The minimum Gasteiger partial charge on any atom is -0.483 e. The molecule has 3 aromatic heterocycles. The molecule has 0 fully saturated rings. The zero-order valence-corrected chi connectivity index (χ0v) is 42.6. The average molecular weight is 1150 g/mol. The van der Waals surface area contributed by atoms with E-state index in [0.29, 0.717) is 15.1 Å². The molecule has 32 heteroatoms. The molecule has 0 radical (unpaired) electrons. The van der Waals surface area contributed by atoms with E-state index in [-0.39, 0.29) is 39.2 Å². The van der Waals surface area contributed by atoms with Gasteiger partial charge in [-0.15, -0.1) is 0 Å². The van der Waals surface area contributed by atoms with Crippen LogP contribution in [0.4, 0.5) is 54.5 Å². The third-order valence-electron chi connectivity index (χ3n) is 10.8. The van der Waals surface area contributed by atoms with Gasteiger partial charge in [0.05, 0.1) is 34.3 Å². The minimum absolute atomic E-state index is 0.174.